The van der Waals surface area contributed by atoms with Gasteiger partial charge < -0.3 is 14.7 Å². The molecule has 1 N–H and O–H groups in total. The number of para-hydroxylation sites is 1. The van der Waals surface area contributed by atoms with Crippen molar-refractivity contribution in [1.82, 2.24) is 4.90 Å². The van der Waals surface area contributed by atoms with Crippen molar-refractivity contribution in [3.05, 3.63) is 30.3 Å². The second kappa shape index (κ2) is 7.29. The zero-order chi connectivity index (χ0) is 14.4. The Bertz CT molecular complexity index is 421. The van der Waals surface area contributed by atoms with Crippen molar-refractivity contribution in [2.45, 2.75) is 32.3 Å². The van der Waals surface area contributed by atoms with Crippen LogP contribution in [0.2, 0.25) is 0 Å². The van der Waals surface area contributed by atoms with Crippen molar-refractivity contribution >= 4 is 5.91 Å². The van der Waals surface area contributed by atoms with E-state index in [9.17, 15) is 9.90 Å². The lowest BCUT2D eigenvalue weighted by atomic mass is 10.0. The third kappa shape index (κ3) is 4.23. The molecule has 1 heterocycles. The summed E-state index contributed by atoms with van der Waals surface area (Å²) in [5, 5.41) is 9.62. The molecule has 2 unspecified atom stereocenters. The number of β-amino-alcohol motifs (C(OH)–C–C–N with tert-alkyl or cyclic N) is 1. The lowest BCUT2D eigenvalue weighted by Gasteiger charge is -2.32. The SMILES string of the molecule is CC(CCOc1ccccc1)C(=O)N1CCCC(O)C1. The Hall–Kier alpha value is -1.55. The van der Waals surface area contributed by atoms with E-state index in [-0.39, 0.29) is 17.9 Å². The largest absolute Gasteiger partial charge is 0.494 e. The molecule has 1 aliphatic rings. The van der Waals surface area contributed by atoms with Gasteiger partial charge in [0.2, 0.25) is 5.91 Å². The number of rotatable bonds is 5. The fraction of sp³-hybridized carbons (Fsp3) is 0.562. The molecule has 2 atom stereocenters. The molecule has 1 amide bonds. The monoisotopic (exact) mass is 277 g/mol. The number of carbonyl (C=O) groups excluding carboxylic acids is 1. The molecule has 1 fully saturated rings. The molecule has 1 saturated heterocycles. The molecule has 0 spiro atoms. The molecule has 1 aromatic carbocycles. The number of ether oxygens (including phenoxy) is 1. The van der Waals surface area contributed by atoms with E-state index in [2.05, 4.69) is 0 Å². The molecule has 20 heavy (non-hydrogen) atoms. The van der Waals surface area contributed by atoms with Crippen LogP contribution >= 0.6 is 0 Å². The van der Waals surface area contributed by atoms with E-state index in [0.29, 0.717) is 19.6 Å². The zero-order valence-electron chi connectivity index (χ0n) is 12.0. The van der Waals surface area contributed by atoms with Gasteiger partial charge in [-0.3, -0.25) is 4.79 Å². The predicted octanol–water partition coefficient (Wildman–Crippen LogP) is 2.07. The summed E-state index contributed by atoms with van der Waals surface area (Å²) in [6.07, 6.45) is 2.02. The van der Waals surface area contributed by atoms with Crippen molar-refractivity contribution in [1.29, 1.82) is 0 Å². The second-order valence-electron chi connectivity index (χ2n) is 5.43. The van der Waals surface area contributed by atoms with Crippen molar-refractivity contribution in [3.63, 3.8) is 0 Å². The normalized spacial score (nSPS) is 20.5. The Balaban J connectivity index is 1.73. The van der Waals surface area contributed by atoms with Crippen LogP contribution in [0, 0.1) is 5.92 Å². The number of hydrogen-bond donors (Lipinski definition) is 1. The van der Waals surface area contributed by atoms with Crippen LogP contribution in [0.1, 0.15) is 26.2 Å². The summed E-state index contributed by atoms with van der Waals surface area (Å²) in [5.74, 6) is 0.893. The average molecular weight is 277 g/mol. The maximum Gasteiger partial charge on any atom is 0.225 e. The van der Waals surface area contributed by atoms with Crippen LogP contribution in [0.15, 0.2) is 30.3 Å². The summed E-state index contributed by atoms with van der Waals surface area (Å²) in [6.45, 7) is 3.70. The van der Waals surface area contributed by atoms with Crippen LogP contribution in [0.5, 0.6) is 5.75 Å². The van der Waals surface area contributed by atoms with Gasteiger partial charge in [-0.1, -0.05) is 25.1 Å². The molecule has 4 nitrogen and oxygen atoms in total. The average Bonchev–Trinajstić information content (AvgIpc) is 2.47. The quantitative estimate of drug-likeness (QED) is 0.896. The van der Waals surface area contributed by atoms with Gasteiger partial charge in [0.25, 0.3) is 0 Å². The van der Waals surface area contributed by atoms with E-state index >= 15 is 0 Å². The van der Waals surface area contributed by atoms with Crippen LogP contribution in [0.4, 0.5) is 0 Å². The minimum Gasteiger partial charge on any atom is -0.494 e. The summed E-state index contributed by atoms with van der Waals surface area (Å²) < 4.78 is 5.62. The molecular weight excluding hydrogens is 254 g/mol. The fourth-order valence-corrected chi connectivity index (χ4v) is 2.46. The number of aliphatic hydroxyl groups excluding tert-OH is 1. The molecule has 0 aliphatic carbocycles. The van der Waals surface area contributed by atoms with Crippen molar-refractivity contribution < 1.29 is 14.6 Å². The number of hydrogen-bond acceptors (Lipinski definition) is 3. The summed E-state index contributed by atoms with van der Waals surface area (Å²) >= 11 is 0. The van der Waals surface area contributed by atoms with E-state index in [1.54, 1.807) is 4.90 Å². The van der Waals surface area contributed by atoms with Crippen LogP contribution in [0.25, 0.3) is 0 Å². The van der Waals surface area contributed by atoms with Crippen LogP contribution in [-0.2, 0) is 4.79 Å². The van der Waals surface area contributed by atoms with Gasteiger partial charge in [0.15, 0.2) is 0 Å². The Morgan fingerprint density at radius 2 is 2.20 bits per heavy atom. The number of amides is 1. The van der Waals surface area contributed by atoms with Gasteiger partial charge in [-0.2, -0.15) is 0 Å². The molecule has 110 valence electrons. The lowest BCUT2D eigenvalue weighted by molar-refractivity contribution is -0.138. The molecule has 0 bridgehead atoms. The Morgan fingerprint density at radius 1 is 1.45 bits per heavy atom. The lowest BCUT2D eigenvalue weighted by Crippen LogP contribution is -2.44. The topological polar surface area (TPSA) is 49.8 Å². The fourth-order valence-electron chi connectivity index (χ4n) is 2.46. The molecule has 1 aromatic rings. The smallest absolute Gasteiger partial charge is 0.225 e. The van der Waals surface area contributed by atoms with Gasteiger partial charge in [0.05, 0.1) is 12.7 Å². The summed E-state index contributed by atoms with van der Waals surface area (Å²) in [6, 6.07) is 9.62. The van der Waals surface area contributed by atoms with E-state index < -0.39 is 0 Å². The molecule has 1 aliphatic heterocycles. The van der Waals surface area contributed by atoms with Gasteiger partial charge >= 0.3 is 0 Å². The van der Waals surface area contributed by atoms with Crippen LogP contribution < -0.4 is 4.74 Å². The molecular formula is C16H23NO3. The maximum atomic E-state index is 12.2. The summed E-state index contributed by atoms with van der Waals surface area (Å²) in [4.78, 5) is 14.0. The third-order valence-electron chi connectivity index (χ3n) is 3.69. The van der Waals surface area contributed by atoms with Gasteiger partial charge in [0.1, 0.15) is 5.75 Å². The number of benzene rings is 1. The minimum atomic E-state index is -0.361. The van der Waals surface area contributed by atoms with Gasteiger partial charge in [0, 0.05) is 19.0 Å². The van der Waals surface area contributed by atoms with E-state index in [1.807, 2.05) is 37.3 Å². The van der Waals surface area contributed by atoms with Gasteiger partial charge in [-0.15, -0.1) is 0 Å². The Morgan fingerprint density at radius 3 is 2.90 bits per heavy atom. The number of nitrogens with zero attached hydrogens (tertiary/aromatic N) is 1. The highest BCUT2D eigenvalue weighted by Crippen LogP contribution is 2.16. The van der Waals surface area contributed by atoms with Gasteiger partial charge in [-0.25, -0.2) is 0 Å². The summed E-state index contributed by atoms with van der Waals surface area (Å²) in [5.41, 5.74) is 0. The molecule has 0 radical (unpaired) electrons. The van der Waals surface area contributed by atoms with E-state index in [4.69, 9.17) is 4.74 Å². The zero-order valence-corrected chi connectivity index (χ0v) is 12.0. The first-order valence-corrected chi connectivity index (χ1v) is 7.31. The molecule has 0 saturated carbocycles. The number of carbonyl (C=O) groups is 1. The first kappa shape index (κ1) is 14.9. The van der Waals surface area contributed by atoms with E-state index in [0.717, 1.165) is 25.1 Å². The predicted molar refractivity (Wildman–Crippen MR) is 77.5 cm³/mol. The maximum absolute atomic E-state index is 12.2. The van der Waals surface area contributed by atoms with Crippen LogP contribution in [-0.4, -0.2) is 41.7 Å². The second-order valence-corrected chi connectivity index (χ2v) is 5.43. The number of piperidine rings is 1. The van der Waals surface area contributed by atoms with Crippen molar-refractivity contribution in [2.24, 2.45) is 5.92 Å². The Labute approximate surface area is 120 Å². The van der Waals surface area contributed by atoms with Crippen LogP contribution in [0.3, 0.4) is 0 Å². The first-order chi connectivity index (χ1) is 9.66. The Kier molecular flexibility index (Phi) is 5.41. The summed E-state index contributed by atoms with van der Waals surface area (Å²) in [7, 11) is 0. The highest BCUT2D eigenvalue weighted by atomic mass is 16.5. The number of aliphatic hydroxyl groups is 1. The van der Waals surface area contributed by atoms with Gasteiger partial charge in [-0.05, 0) is 31.4 Å². The highest BCUT2D eigenvalue weighted by Gasteiger charge is 2.25. The number of likely N-dealkylation sites (tertiary alicyclic amines) is 1. The standard InChI is InChI=1S/C16H23NO3/c1-13(9-11-20-15-7-3-2-4-8-15)16(19)17-10-5-6-14(18)12-17/h2-4,7-8,13-14,18H,5-6,9-12H2,1H3. The van der Waals surface area contributed by atoms with Crippen molar-refractivity contribution in [3.8, 4) is 5.75 Å². The minimum absolute atomic E-state index is 0.0657. The molecule has 0 aromatic heterocycles. The third-order valence-corrected chi connectivity index (χ3v) is 3.69. The first-order valence-electron chi connectivity index (χ1n) is 7.31. The van der Waals surface area contributed by atoms with E-state index in [1.165, 1.54) is 0 Å². The highest BCUT2D eigenvalue weighted by molar-refractivity contribution is 5.78. The molecule has 2 rings (SSSR count). The van der Waals surface area contributed by atoms with Crippen molar-refractivity contribution in [2.75, 3.05) is 19.7 Å². The molecule has 4 heteroatoms.